The fourth-order valence-electron chi connectivity index (χ4n) is 2.21. The SMILES string of the molecule is COC(=O)C(CC(C)C)NC(=O)Nc1c(C)cccc1C(F)(F)F. The summed E-state index contributed by atoms with van der Waals surface area (Å²) in [6.45, 7) is 5.15. The highest BCUT2D eigenvalue weighted by atomic mass is 19.4. The second-order valence-electron chi connectivity index (χ2n) is 5.80. The molecule has 0 saturated carbocycles. The van der Waals surface area contributed by atoms with Crippen LogP contribution in [0.3, 0.4) is 0 Å². The van der Waals surface area contributed by atoms with Gasteiger partial charge in [0.1, 0.15) is 6.04 Å². The van der Waals surface area contributed by atoms with Gasteiger partial charge in [-0.05, 0) is 30.9 Å². The standard InChI is InChI=1S/C16H21F3N2O3/c1-9(2)8-12(14(22)24-4)20-15(23)21-13-10(3)6-5-7-11(13)16(17,18)19/h5-7,9,12H,8H2,1-4H3,(H2,20,21,23). The van der Waals surface area contributed by atoms with Gasteiger partial charge in [0.2, 0.25) is 0 Å². The summed E-state index contributed by atoms with van der Waals surface area (Å²) in [4.78, 5) is 23.7. The number of methoxy groups -OCH3 is 1. The van der Waals surface area contributed by atoms with E-state index in [1.165, 1.54) is 26.2 Å². The number of carbonyl (C=O) groups is 2. The Morgan fingerprint density at radius 1 is 1.25 bits per heavy atom. The van der Waals surface area contributed by atoms with Crippen molar-refractivity contribution in [2.45, 2.75) is 39.4 Å². The molecule has 24 heavy (non-hydrogen) atoms. The first-order chi connectivity index (χ1) is 11.1. The Bertz CT molecular complexity index is 601. The van der Waals surface area contributed by atoms with E-state index in [9.17, 15) is 22.8 Å². The summed E-state index contributed by atoms with van der Waals surface area (Å²) < 4.78 is 43.8. The first kappa shape index (κ1) is 19.8. The van der Waals surface area contributed by atoms with Crippen LogP contribution >= 0.6 is 0 Å². The normalized spacial score (nSPS) is 12.7. The lowest BCUT2D eigenvalue weighted by Gasteiger charge is -2.20. The third-order valence-electron chi connectivity index (χ3n) is 3.31. The molecule has 0 radical (unpaired) electrons. The van der Waals surface area contributed by atoms with Crippen LogP contribution in [-0.2, 0) is 15.7 Å². The van der Waals surface area contributed by atoms with Crippen LogP contribution in [-0.4, -0.2) is 25.2 Å². The van der Waals surface area contributed by atoms with E-state index in [-0.39, 0.29) is 17.2 Å². The number of hydrogen-bond acceptors (Lipinski definition) is 3. The lowest BCUT2D eigenvalue weighted by molar-refractivity contribution is -0.143. The number of carbonyl (C=O) groups excluding carboxylic acids is 2. The number of aryl methyl sites for hydroxylation is 1. The number of rotatable bonds is 5. The number of halogens is 3. The van der Waals surface area contributed by atoms with E-state index < -0.39 is 29.8 Å². The number of hydrogen-bond donors (Lipinski definition) is 2. The first-order valence-corrected chi connectivity index (χ1v) is 7.38. The van der Waals surface area contributed by atoms with Gasteiger partial charge in [-0.2, -0.15) is 13.2 Å². The molecule has 0 aliphatic heterocycles. The largest absolute Gasteiger partial charge is 0.467 e. The summed E-state index contributed by atoms with van der Waals surface area (Å²) in [5, 5.41) is 4.55. The van der Waals surface area contributed by atoms with Gasteiger partial charge in [0.05, 0.1) is 18.4 Å². The maximum Gasteiger partial charge on any atom is 0.418 e. The summed E-state index contributed by atoms with van der Waals surface area (Å²) >= 11 is 0. The van der Waals surface area contributed by atoms with Crippen LogP contribution in [0.5, 0.6) is 0 Å². The molecule has 0 saturated heterocycles. The van der Waals surface area contributed by atoms with Crippen molar-refractivity contribution in [3.05, 3.63) is 29.3 Å². The molecule has 0 bridgehead atoms. The summed E-state index contributed by atoms with van der Waals surface area (Å²) in [5.41, 5.74) is -1.02. The lowest BCUT2D eigenvalue weighted by atomic mass is 10.0. The zero-order valence-electron chi connectivity index (χ0n) is 14.0. The Morgan fingerprint density at radius 2 is 1.88 bits per heavy atom. The topological polar surface area (TPSA) is 67.4 Å². The van der Waals surface area contributed by atoms with Crippen molar-refractivity contribution in [1.82, 2.24) is 5.32 Å². The molecule has 2 amide bonds. The average molecular weight is 346 g/mol. The Balaban J connectivity index is 2.97. The number of benzene rings is 1. The number of nitrogens with one attached hydrogen (secondary N) is 2. The fraction of sp³-hybridized carbons (Fsp3) is 0.500. The Hall–Kier alpha value is -2.25. The van der Waals surface area contributed by atoms with Crippen molar-refractivity contribution in [2.24, 2.45) is 5.92 Å². The minimum atomic E-state index is -4.60. The molecule has 8 heteroatoms. The van der Waals surface area contributed by atoms with Gasteiger partial charge in [0, 0.05) is 0 Å². The quantitative estimate of drug-likeness (QED) is 0.799. The zero-order valence-corrected chi connectivity index (χ0v) is 14.0. The molecule has 0 heterocycles. The summed E-state index contributed by atoms with van der Waals surface area (Å²) in [7, 11) is 1.18. The molecule has 1 aromatic rings. The van der Waals surface area contributed by atoms with Crippen LogP contribution in [0.25, 0.3) is 0 Å². The average Bonchev–Trinajstić information content (AvgIpc) is 2.46. The molecule has 1 unspecified atom stereocenters. The Kier molecular flexibility index (Phi) is 6.62. The van der Waals surface area contributed by atoms with Gasteiger partial charge in [-0.1, -0.05) is 26.0 Å². The van der Waals surface area contributed by atoms with Gasteiger partial charge in [0.25, 0.3) is 0 Å². The van der Waals surface area contributed by atoms with Crippen LogP contribution in [0.2, 0.25) is 0 Å². The van der Waals surface area contributed by atoms with E-state index in [0.29, 0.717) is 6.42 Å². The Labute approximate surface area is 138 Å². The maximum atomic E-state index is 13.1. The van der Waals surface area contributed by atoms with Gasteiger partial charge in [-0.25, -0.2) is 9.59 Å². The molecule has 2 N–H and O–H groups in total. The summed E-state index contributed by atoms with van der Waals surface area (Å²) in [6.07, 6.45) is -4.30. The van der Waals surface area contributed by atoms with Crippen LogP contribution in [0.1, 0.15) is 31.4 Å². The number of esters is 1. The van der Waals surface area contributed by atoms with E-state index in [1.54, 1.807) is 0 Å². The molecule has 1 aromatic carbocycles. The molecule has 0 fully saturated rings. The highest BCUT2D eigenvalue weighted by molar-refractivity contribution is 5.94. The van der Waals surface area contributed by atoms with Crippen LogP contribution < -0.4 is 10.6 Å². The molecule has 0 aromatic heterocycles. The number of amides is 2. The number of urea groups is 1. The molecule has 1 rings (SSSR count). The predicted molar refractivity (Wildman–Crippen MR) is 83.6 cm³/mol. The number of alkyl halides is 3. The van der Waals surface area contributed by atoms with Crippen LogP contribution in [0, 0.1) is 12.8 Å². The van der Waals surface area contributed by atoms with E-state index in [2.05, 4.69) is 15.4 Å². The monoisotopic (exact) mass is 346 g/mol. The van der Waals surface area contributed by atoms with Crippen molar-refractivity contribution < 1.29 is 27.5 Å². The lowest BCUT2D eigenvalue weighted by Crippen LogP contribution is -2.44. The summed E-state index contributed by atoms with van der Waals surface area (Å²) in [5.74, 6) is -0.571. The number of anilines is 1. The molecular formula is C16H21F3N2O3. The molecule has 0 aliphatic carbocycles. The summed E-state index contributed by atoms with van der Waals surface area (Å²) in [6, 6.07) is 1.77. The molecular weight excluding hydrogens is 325 g/mol. The fourth-order valence-corrected chi connectivity index (χ4v) is 2.21. The van der Waals surface area contributed by atoms with Gasteiger partial charge >= 0.3 is 18.2 Å². The van der Waals surface area contributed by atoms with Crippen molar-refractivity contribution in [3.8, 4) is 0 Å². The second-order valence-corrected chi connectivity index (χ2v) is 5.80. The van der Waals surface area contributed by atoms with Crippen LogP contribution in [0.4, 0.5) is 23.7 Å². The second kappa shape index (κ2) is 8.03. The van der Waals surface area contributed by atoms with Crippen molar-refractivity contribution in [1.29, 1.82) is 0 Å². The highest BCUT2D eigenvalue weighted by Gasteiger charge is 2.34. The zero-order chi connectivity index (χ0) is 18.5. The van der Waals surface area contributed by atoms with Crippen LogP contribution in [0.15, 0.2) is 18.2 Å². The number of para-hydroxylation sites is 1. The third-order valence-corrected chi connectivity index (χ3v) is 3.31. The maximum absolute atomic E-state index is 13.1. The predicted octanol–water partition coefficient (Wildman–Crippen LogP) is 3.72. The van der Waals surface area contributed by atoms with Crippen molar-refractivity contribution >= 4 is 17.7 Å². The molecule has 1 atom stereocenters. The minimum absolute atomic E-state index is 0.0820. The highest BCUT2D eigenvalue weighted by Crippen LogP contribution is 2.36. The van der Waals surface area contributed by atoms with E-state index in [1.807, 2.05) is 13.8 Å². The van der Waals surface area contributed by atoms with Gasteiger partial charge in [-0.15, -0.1) is 0 Å². The molecule has 5 nitrogen and oxygen atoms in total. The Morgan fingerprint density at radius 3 is 2.38 bits per heavy atom. The van der Waals surface area contributed by atoms with E-state index in [0.717, 1.165) is 6.07 Å². The van der Waals surface area contributed by atoms with Crippen molar-refractivity contribution in [3.63, 3.8) is 0 Å². The smallest absolute Gasteiger partial charge is 0.418 e. The molecule has 0 aliphatic rings. The third kappa shape index (κ3) is 5.43. The van der Waals surface area contributed by atoms with Gasteiger partial charge < -0.3 is 15.4 Å². The minimum Gasteiger partial charge on any atom is -0.467 e. The molecule has 134 valence electrons. The van der Waals surface area contributed by atoms with E-state index in [4.69, 9.17) is 0 Å². The van der Waals surface area contributed by atoms with E-state index >= 15 is 0 Å². The van der Waals surface area contributed by atoms with Crippen molar-refractivity contribution in [2.75, 3.05) is 12.4 Å². The first-order valence-electron chi connectivity index (χ1n) is 7.38. The van der Waals surface area contributed by atoms with Gasteiger partial charge in [-0.3, -0.25) is 0 Å². The number of ether oxygens (including phenoxy) is 1. The molecule has 0 spiro atoms. The van der Waals surface area contributed by atoms with Gasteiger partial charge in [0.15, 0.2) is 0 Å².